The van der Waals surface area contributed by atoms with Crippen LogP contribution in [0.15, 0.2) is 12.1 Å². The summed E-state index contributed by atoms with van der Waals surface area (Å²) in [5.74, 6) is -3.85. The number of carbonyl (C=O) groups excluding carboxylic acids is 1. The Kier molecular flexibility index (Phi) is 4.10. The van der Waals surface area contributed by atoms with E-state index in [9.17, 15) is 31.1 Å². The van der Waals surface area contributed by atoms with Crippen LogP contribution in [0, 0.1) is 11.6 Å². The molecule has 9 heteroatoms. The number of carbonyl (C=O) groups is 1. The minimum atomic E-state index is -4.85. The second-order valence-electron chi connectivity index (χ2n) is 4.59. The summed E-state index contributed by atoms with van der Waals surface area (Å²) >= 11 is 5.29. The minimum Gasteiger partial charge on any atom is -0.323 e. The van der Waals surface area contributed by atoms with E-state index in [-0.39, 0.29) is 4.90 Å². The molecule has 0 radical (unpaired) electrons. The van der Waals surface area contributed by atoms with Gasteiger partial charge in [-0.1, -0.05) is 11.6 Å². The highest BCUT2D eigenvalue weighted by atomic mass is 35.5. The van der Waals surface area contributed by atoms with Gasteiger partial charge in [0.05, 0.1) is 17.1 Å². The van der Waals surface area contributed by atoms with Crippen LogP contribution >= 0.6 is 11.6 Å². The Hall–Kier alpha value is -1.44. The molecule has 2 rings (SSSR count). The maximum Gasteiger partial charge on any atom is 0.408 e. The van der Waals surface area contributed by atoms with Crippen LogP contribution in [0.1, 0.15) is 16.8 Å². The molecular formula is C12H8ClF6NO. The first-order valence-electron chi connectivity index (χ1n) is 5.77. The lowest BCUT2D eigenvalue weighted by Crippen LogP contribution is -2.44. The fourth-order valence-electron chi connectivity index (χ4n) is 2.16. The fraction of sp³-hybridized carbons (Fsp3) is 0.417. The molecule has 1 aliphatic heterocycles. The van der Waals surface area contributed by atoms with Crippen LogP contribution in [0.2, 0.25) is 5.02 Å². The van der Waals surface area contributed by atoms with E-state index < -0.39 is 59.5 Å². The standard InChI is InChI=1S/C12H8ClF6NO/c13-7-3-8(15)6(2-9(7)16)11(21)20-4-5(14)1-10(20)12(17,18)19/h2-3,5,10H,1,4H2/t5-,10-/m0/s1. The molecule has 1 amide bonds. The number of nitrogens with zero attached hydrogens (tertiary/aromatic N) is 1. The van der Waals surface area contributed by atoms with Crippen LogP contribution in [-0.2, 0) is 0 Å². The highest BCUT2D eigenvalue weighted by molar-refractivity contribution is 6.30. The summed E-state index contributed by atoms with van der Waals surface area (Å²) in [4.78, 5) is 12.1. The van der Waals surface area contributed by atoms with Crippen molar-refractivity contribution in [1.29, 1.82) is 0 Å². The van der Waals surface area contributed by atoms with Gasteiger partial charge >= 0.3 is 6.18 Å². The van der Waals surface area contributed by atoms with E-state index in [0.717, 1.165) is 0 Å². The molecule has 21 heavy (non-hydrogen) atoms. The van der Waals surface area contributed by atoms with Crippen LogP contribution < -0.4 is 0 Å². The summed E-state index contributed by atoms with van der Waals surface area (Å²) in [5, 5.41) is -0.610. The normalized spacial score (nSPS) is 22.7. The van der Waals surface area contributed by atoms with E-state index in [2.05, 4.69) is 0 Å². The minimum absolute atomic E-state index is 0.163. The van der Waals surface area contributed by atoms with Crippen LogP contribution in [0.4, 0.5) is 26.3 Å². The molecule has 0 aromatic heterocycles. The molecule has 2 nitrogen and oxygen atoms in total. The van der Waals surface area contributed by atoms with Crippen LogP contribution in [0.3, 0.4) is 0 Å². The smallest absolute Gasteiger partial charge is 0.323 e. The van der Waals surface area contributed by atoms with Gasteiger partial charge in [-0.2, -0.15) is 13.2 Å². The molecule has 0 spiro atoms. The van der Waals surface area contributed by atoms with Crippen molar-refractivity contribution in [1.82, 2.24) is 4.90 Å². The average molecular weight is 332 g/mol. The van der Waals surface area contributed by atoms with Gasteiger partial charge in [0.2, 0.25) is 0 Å². The molecule has 1 aliphatic rings. The molecule has 0 N–H and O–H groups in total. The monoisotopic (exact) mass is 331 g/mol. The SMILES string of the molecule is O=C(c1cc(F)c(Cl)cc1F)N1C[C@@H](F)C[C@H]1C(F)(F)F. The van der Waals surface area contributed by atoms with E-state index in [1.165, 1.54) is 0 Å². The third-order valence-electron chi connectivity index (χ3n) is 3.13. The van der Waals surface area contributed by atoms with Gasteiger partial charge in [-0.15, -0.1) is 0 Å². The Bertz CT molecular complexity index is 576. The first-order valence-corrected chi connectivity index (χ1v) is 6.15. The Balaban J connectivity index is 2.37. The van der Waals surface area contributed by atoms with E-state index >= 15 is 0 Å². The summed E-state index contributed by atoms with van der Waals surface area (Å²) in [6.07, 6.45) is -7.65. The first kappa shape index (κ1) is 15.9. The highest BCUT2D eigenvalue weighted by Crippen LogP contribution is 2.35. The first-order chi connectivity index (χ1) is 9.61. The summed E-state index contributed by atoms with van der Waals surface area (Å²) in [5.41, 5.74) is -0.916. The lowest BCUT2D eigenvalue weighted by Gasteiger charge is -2.26. The van der Waals surface area contributed by atoms with Gasteiger partial charge in [-0.25, -0.2) is 13.2 Å². The Morgan fingerprint density at radius 1 is 1.24 bits per heavy atom. The number of hydrogen-bond acceptors (Lipinski definition) is 1. The van der Waals surface area contributed by atoms with E-state index in [4.69, 9.17) is 11.6 Å². The number of rotatable bonds is 1. The largest absolute Gasteiger partial charge is 0.408 e. The maximum absolute atomic E-state index is 13.6. The van der Waals surface area contributed by atoms with Gasteiger partial charge in [0.15, 0.2) is 0 Å². The Morgan fingerprint density at radius 2 is 1.86 bits per heavy atom. The van der Waals surface area contributed by atoms with Gasteiger partial charge in [0, 0.05) is 6.42 Å². The summed E-state index contributed by atoms with van der Waals surface area (Å²) in [6, 6.07) is -1.48. The maximum atomic E-state index is 13.6. The van der Waals surface area contributed by atoms with Crippen molar-refractivity contribution in [2.45, 2.75) is 24.8 Å². The van der Waals surface area contributed by atoms with Gasteiger partial charge < -0.3 is 4.90 Å². The van der Waals surface area contributed by atoms with E-state index in [1.54, 1.807) is 0 Å². The quantitative estimate of drug-likeness (QED) is 0.567. The lowest BCUT2D eigenvalue weighted by molar-refractivity contribution is -0.170. The van der Waals surface area contributed by atoms with Crippen molar-refractivity contribution in [3.8, 4) is 0 Å². The third kappa shape index (κ3) is 3.09. The predicted molar refractivity (Wildman–Crippen MR) is 61.8 cm³/mol. The number of amides is 1. The molecule has 1 fully saturated rings. The second kappa shape index (κ2) is 5.40. The van der Waals surface area contributed by atoms with Crippen molar-refractivity contribution in [2.75, 3.05) is 6.54 Å². The molecule has 0 unspecified atom stereocenters. The molecule has 116 valence electrons. The number of benzene rings is 1. The predicted octanol–water partition coefficient (Wildman–Crippen LogP) is 3.73. The van der Waals surface area contributed by atoms with E-state index in [0.29, 0.717) is 12.1 Å². The molecule has 1 saturated heterocycles. The molecule has 2 atom stereocenters. The molecule has 0 aliphatic carbocycles. The Labute approximate surface area is 120 Å². The number of alkyl halides is 4. The topological polar surface area (TPSA) is 20.3 Å². The zero-order valence-corrected chi connectivity index (χ0v) is 11.0. The molecule has 1 aromatic rings. The van der Waals surface area contributed by atoms with Crippen molar-refractivity contribution in [3.63, 3.8) is 0 Å². The second-order valence-corrected chi connectivity index (χ2v) is 5.00. The zero-order chi connectivity index (χ0) is 15.9. The van der Waals surface area contributed by atoms with Crippen LogP contribution in [0.5, 0.6) is 0 Å². The lowest BCUT2D eigenvalue weighted by atomic mass is 10.1. The Morgan fingerprint density at radius 3 is 2.43 bits per heavy atom. The zero-order valence-electron chi connectivity index (χ0n) is 10.2. The highest BCUT2D eigenvalue weighted by Gasteiger charge is 2.51. The van der Waals surface area contributed by atoms with Crippen molar-refractivity contribution >= 4 is 17.5 Å². The average Bonchev–Trinajstić information content (AvgIpc) is 2.75. The molecule has 0 bridgehead atoms. The van der Waals surface area contributed by atoms with Gasteiger partial charge in [-0.05, 0) is 12.1 Å². The fourth-order valence-corrected chi connectivity index (χ4v) is 2.31. The van der Waals surface area contributed by atoms with Crippen LogP contribution in [0.25, 0.3) is 0 Å². The number of halogens is 7. The summed E-state index contributed by atoms with van der Waals surface area (Å²) < 4.78 is 78.3. The van der Waals surface area contributed by atoms with Crippen molar-refractivity contribution < 1.29 is 31.1 Å². The summed E-state index contributed by atoms with van der Waals surface area (Å²) in [6.45, 7) is -0.827. The van der Waals surface area contributed by atoms with Crippen molar-refractivity contribution in [3.05, 3.63) is 34.4 Å². The van der Waals surface area contributed by atoms with Crippen molar-refractivity contribution in [2.24, 2.45) is 0 Å². The number of hydrogen-bond donors (Lipinski definition) is 0. The molecular weight excluding hydrogens is 324 g/mol. The third-order valence-corrected chi connectivity index (χ3v) is 3.42. The molecule has 1 heterocycles. The van der Waals surface area contributed by atoms with E-state index in [1.807, 2.05) is 0 Å². The van der Waals surface area contributed by atoms with Gasteiger partial charge in [-0.3, -0.25) is 4.79 Å². The van der Waals surface area contributed by atoms with Crippen LogP contribution in [-0.4, -0.2) is 35.7 Å². The summed E-state index contributed by atoms with van der Waals surface area (Å²) in [7, 11) is 0. The molecule has 0 saturated carbocycles. The molecule has 1 aromatic carbocycles. The van der Waals surface area contributed by atoms with Gasteiger partial charge in [0.25, 0.3) is 5.91 Å². The van der Waals surface area contributed by atoms with Gasteiger partial charge in [0.1, 0.15) is 23.8 Å². The number of likely N-dealkylation sites (tertiary alicyclic amines) is 1.